The second-order valence-corrected chi connectivity index (χ2v) is 12.0. The fourth-order valence-electron chi connectivity index (χ4n) is 5.80. The first-order valence-corrected chi connectivity index (χ1v) is 14.6. The first-order valence-electron chi connectivity index (χ1n) is 14.6. The van der Waals surface area contributed by atoms with E-state index in [0.29, 0.717) is 35.2 Å². The summed E-state index contributed by atoms with van der Waals surface area (Å²) in [6, 6.07) is 18.6. The maximum absolute atomic E-state index is 14.0. The van der Waals surface area contributed by atoms with Gasteiger partial charge < -0.3 is 36.0 Å². The van der Waals surface area contributed by atoms with E-state index in [4.69, 9.17) is 5.73 Å². The number of amides is 4. The highest BCUT2D eigenvalue weighted by Gasteiger charge is 2.41. The second-order valence-electron chi connectivity index (χ2n) is 12.0. The Morgan fingerprint density at radius 2 is 1.51 bits per heavy atom. The van der Waals surface area contributed by atoms with Gasteiger partial charge in [0.05, 0.1) is 26.2 Å². The van der Waals surface area contributed by atoms with Crippen LogP contribution in [0.3, 0.4) is 0 Å². The molecule has 10 nitrogen and oxygen atoms in total. The van der Waals surface area contributed by atoms with Gasteiger partial charge in [0.25, 0.3) is 5.91 Å². The van der Waals surface area contributed by atoms with Crippen molar-refractivity contribution in [1.29, 1.82) is 0 Å². The minimum absolute atomic E-state index is 0.00614. The molecule has 0 spiro atoms. The van der Waals surface area contributed by atoms with Crippen LogP contribution in [0.5, 0.6) is 11.5 Å². The Hall–Kier alpha value is -4.57. The molecule has 3 aromatic rings. The molecule has 228 valence electrons. The standard InChI is InChI=1S/C33H41N5O5/c1-22(2)35-32(42)25-10-12-26(13-11-25)36-33(43)37(30(31(34)41)19-23-6-14-28(39)15-7-23)27-5-4-18-38(3,21-27)20-24-8-16-29(40)17-9-24/h6-17,22,27,30H,4-5,18-21H2,1-3H3,(H5-,34,35,36,39,40,41,42,43)/p+1/t27-,30+,38?/m1/s1. The normalized spacial score (nSPS) is 18.9. The molecule has 3 aromatic carbocycles. The van der Waals surface area contributed by atoms with Gasteiger partial charge in [0.15, 0.2) is 0 Å². The number of hydrogen-bond acceptors (Lipinski definition) is 5. The van der Waals surface area contributed by atoms with E-state index in [-0.39, 0.29) is 35.9 Å². The Morgan fingerprint density at radius 3 is 2.07 bits per heavy atom. The zero-order chi connectivity index (χ0) is 31.1. The fraction of sp³-hybridized carbons (Fsp3) is 0.364. The van der Waals surface area contributed by atoms with Crippen molar-refractivity contribution in [1.82, 2.24) is 10.2 Å². The zero-order valence-corrected chi connectivity index (χ0v) is 25.0. The molecule has 3 atom stereocenters. The molecule has 0 aliphatic carbocycles. The van der Waals surface area contributed by atoms with Gasteiger partial charge in [0, 0.05) is 29.3 Å². The molecule has 0 saturated carbocycles. The van der Waals surface area contributed by atoms with Crippen LogP contribution < -0.4 is 16.4 Å². The summed E-state index contributed by atoms with van der Waals surface area (Å²) in [5.41, 5.74) is 8.75. The maximum atomic E-state index is 14.0. The van der Waals surface area contributed by atoms with E-state index >= 15 is 0 Å². The van der Waals surface area contributed by atoms with E-state index in [0.717, 1.165) is 24.1 Å². The molecule has 10 heteroatoms. The van der Waals surface area contributed by atoms with Crippen LogP contribution in [-0.4, -0.2) is 75.7 Å². The van der Waals surface area contributed by atoms with Gasteiger partial charge in [-0.2, -0.15) is 0 Å². The number of piperidine rings is 1. The van der Waals surface area contributed by atoms with Crippen molar-refractivity contribution in [2.75, 3.05) is 25.5 Å². The molecule has 1 unspecified atom stereocenters. The number of rotatable bonds is 10. The monoisotopic (exact) mass is 588 g/mol. The number of carbonyl (C=O) groups excluding carboxylic acids is 3. The van der Waals surface area contributed by atoms with Gasteiger partial charge in [-0.25, -0.2) is 4.79 Å². The average molecular weight is 589 g/mol. The summed E-state index contributed by atoms with van der Waals surface area (Å²) in [6.45, 7) is 5.96. The largest absolute Gasteiger partial charge is 0.508 e. The molecule has 1 heterocycles. The maximum Gasteiger partial charge on any atom is 0.323 e. The quantitative estimate of drug-likeness (QED) is 0.228. The molecule has 4 amide bonds. The summed E-state index contributed by atoms with van der Waals surface area (Å²) in [4.78, 5) is 41.0. The lowest BCUT2D eigenvalue weighted by Gasteiger charge is -2.46. The number of likely N-dealkylation sites (N-methyl/N-ethyl adjacent to an activating group) is 1. The van der Waals surface area contributed by atoms with E-state index in [1.807, 2.05) is 26.0 Å². The van der Waals surface area contributed by atoms with E-state index in [9.17, 15) is 24.6 Å². The minimum atomic E-state index is -0.939. The topological polar surface area (TPSA) is 145 Å². The number of nitrogens with zero attached hydrogens (tertiary/aromatic N) is 2. The molecule has 1 aliphatic heterocycles. The number of hydrogen-bond donors (Lipinski definition) is 5. The predicted molar refractivity (Wildman–Crippen MR) is 165 cm³/mol. The Kier molecular flexibility index (Phi) is 9.92. The van der Waals surface area contributed by atoms with Crippen LogP contribution >= 0.6 is 0 Å². The Morgan fingerprint density at radius 1 is 0.930 bits per heavy atom. The third-order valence-electron chi connectivity index (χ3n) is 7.86. The summed E-state index contributed by atoms with van der Waals surface area (Å²) in [5, 5.41) is 25.2. The minimum Gasteiger partial charge on any atom is -0.508 e. The molecule has 4 rings (SSSR count). The van der Waals surface area contributed by atoms with Gasteiger partial charge in [-0.15, -0.1) is 0 Å². The van der Waals surface area contributed by atoms with Gasteiger partial charge >= 0.3 is 6.03 Å². The number of benzene rings is 3. The SMILES string of the molecule is CC(C)NC(=O)c1ccc(NC(=O)N([C@@H]2CCC[N+](C)(Cc3ccc(O)cc3)C2)[C@@H](Cc2ccc(O)cc2)C(N)=O)cc1. The first-order chi connectivity index (χ1) is 20.4. The third kappa shape index (κ3) is 8.48. The highest BCUT2D eigenvalue weighted by molar-refractivity contribution is 5.96. The smallest absolute Gasteiger partial charge is 0.323 e. The van der Waals surface area contributed by atoms with Gasteiger partial charge in [-0.1, -0.05) is 12.1 Å². The lowest BCUT2D eigenvalue weighted by atomic mass is 9.96. The number of nitrogens with two attached hydrogens (primary N) is 1. The van der Waals surface area contributed by atoms with Crippen LogP contribution in [0.25, 0.3) is 0 Å². The van der Waals surface area contributed by atoms with Crippen LogP contribution in [0.2, 0.25) is 0 Å². The fourth-order valence-corrected chi connectivity index (χ4v) is 5.80. The molecule has 6 N–H and O–H groups in total. The molecule has 0 aromatic heterocycles. The van der Waals surface area contributed by atoms with Crippen molar-refractivity contribution in [2.24, 2.45) is 5.73 Å². The van der Waals surface area contributed by atoms with E-state index < -0.39 is 18.0 Å². The third-order valence-corrected chi connectivity index (χ3v) is 7.86. The van der Waals surface area contributed by atoms with Crippen molar-refractivity contribution >= 4 is 23.5 Å². The molecule has 0 radical (unpaired) electrons. The average Bonchev–Trinajstić information content (AvgIpc) is 2.95. The van der Waals surface area contributed by atoms with Crippen molar-refractivity contribution in [3.05, 3.63) is 89.5 Å². The summed E-state index contributed by atoms with van der Waals surface area (Å²) < 4.78 is 0.642. The number of phenols is 2. The highest BCUT2D eigenvalue weighted by atomic mass is 16.3. The lowest BCUT2D eigenvalue weighted by Crippen LogP contribution is -2.62. The number of urea groups is 1. The van der Waals surface area contributed by atoms with Crippen LogP contribution in [0, 0.1) is 0 Å². The number of phenolic OH excluding ortho intramolecular Hbond substituents is 2. The van der Waals surface area contributed by atoms with E-state index in [2.05, 4.69) is 17.7 Å². The van der Waals surface area contributed by atoms with E-state index in [1.54, 1.807) is 65.6 Å². The summed E-state index contributed by atoms with van der Waals surface area (Å²) in [5.74, 6) is -0.515. The summed E-state index contributed by atoms with van der Waals surface area (Å²) in [7, 11) is 2.13. The summed E-state index contributed by atoms with van der Waals surface area (Å²) in [6.07, 6.45) is 1.73. The molecular weight excluding hydrogens is 546 g/mol. The summed E-state index contributed by atoms with van der Waals surface area (Å²) >= 11 is 0. The number of carbonyl (C=O) groups is 3. The number of quaternary nitrogens is 1. The van der Waals surface area contributed by atoms with Crippen molar-refractivity contribution in [2.45, 2.75) is 57.8 Å². The number of anilines is 1. The van der Waals surface area contributed by atoms with Crippen LogP contribution in [0.15, 0.2) is 72.8 Å². The van der Waals surface area contributed by atoms with E-state index in [1.165, 1.54) is 0 Å². The first kappa shape index (κ1) is 31.4. The molecule has 43 heavy (non-hydrogen) atoms. The molecule has 1 fully saturated rings. The highest BCUT2D eigenvalue weighted by Crippen LogP contribution is 2.28. The number of aromatic hydroxyl groups is 2. The molecule has 1 saturated heterocycles. The zero-order valence-electron chi connectivity index (χ0n) is 25.0. The van der Waals surface area contributed by atoms with Crippen LogP contribution in [0.1, 0.15) is 48.2 Å². The van der Waals surface area contributed by atoms with Crippen LogP contribution in [-0.2, 0) is 17.8 Å². The Bertz CT molecular complexity index is 1410. The van der Waals surface area contributed by atoms with Gasteiger partial charge in [-0.05, 0) is 92.9 Å². The van der Waals surface area contributed by atoms with Crippen molar-refractivity contribution < 1.29 is 29.1 Å². The van der Waals surface area contributed by atoms with Crippen molar-refractivity contribution in [3.63, 3.8) is 0 Å². The van der Waals surface area contributed by atoms with Crippen molar-refractivity contribution in [3.8, 4) is 11.5 Å². The van der Waals surface area contributed by atoms with Crippen LogP contribution in [0.4, 0.5) is 10.5 Å². The molecule has 1 aliphatic rings. The Balaban J connectivity index is 1.61. The molecular formula is C33H42N5O5+. The lowest BCUT2D eigenvalue weighted by molar-refractivity contribution is -0.928. The molecule has 0 bridgehead atoms. The Labute approximate surface area is 252 Å². The predicted octanol–water partition coefficient (Wildman–Crippen LogP) is 3.98. The number of likely N-dealkylation sites (tertiary alicyclic amines) is 1. The number of primary amides is 1. The van der Waals surface area contributed by atoms with Gasteiger partial charge in [-0.3, -0.25) is 9.59 Å². The second kappa shape index (κ2) is 13.6. The van der Waals surface area contributed by atoms with Gasteiger partial charge in [0.2, 0.25) is 5.91 Å². The number of nitrogens with one attached hydrogen (secondary N) is 2. The van der Waals surface area contributed by atoms with Gasteiger partial charge in [0.1, 0.15) is 24.1 Å².